The molecule has 0 spiro atoms. The number of benzene rings is 2. The van der Waals surface area contributed by atoms with Gasteiger partial charge in [0.25, 0.3) is 0 Å². The fourth-order valence-corrected chi connectivity index (χ4v) is 2.40. The van der Waals surface area contributed by atoms with E-state index in [1.54, 1.807) is 6.92 Å². The lowest BCUT2D eigenvalue weighted by Crippen LogP contribution is -2.20. The van der Waals surface area contributed by atoms with E-state index < -0.39 is 5.60 Å². The second kappa shape index (κ2) is 5.54. The summed E-state index contributed by atoms with van der Waals surface area (Å²) in [6, 6.07) is 13.3. The molecule has 0 aliphatic heterocycles. The van der Waals surface area contributed by atoms with Crippen LogP contribution in [0.25, 0.3) is 11.1 Å². The van der Waals surface area contributed by atoms with Gasteiger partial charge in [0.15, 0.2) is 0 Å². The molecule has 0 bridgehead atoms. The Bertz CT molecular complexity index is 574. The van der Waals surface area contributed by atoms with Crippen molar-refractivity contribution in [3.05, 3.63) is 58.1 Å². The minimum atomic E-state index is -0.917. The summed E-state index contributed by atoms with van der Waals surface area (Å²) < 4.78 is 0. The molecule has 0 aromatic heterocycles. The van der Waals surface area contributed by atoms with Crippen molar-refractivity contribution in [1.29, 1.82) is 0 Å². The van der Waals surface area contributed by atoms with E-state index in [1.165, 1.54) is 0 Å². The van der Waals surface area contributed by atoms with Crippen molar-refractivity contribution in [3.63, 3.8) is 0 Å². The van der Waals surface area contributed by atoms with Gasteiger partial charge in [-0.05, 0) is 48.7 Å². The van der Waals surface area contributed by atoms with Crippen LogP contribution in [0.2, 0.25) is 10.0 Å². The lowest BCUT2D eigenvalue weighted by molar-refractivity contribution is 0.0532. The maximum Gasteiger partial charge on any atom is 0.0880 e. The van der Waals surface area contributed by atoms with E-state index in [2.05, 4.69) is 0 Å². The highest BCUT2D eigenvalue weighted by atomic mass is 35.5. The van der Waals surface area contributed by atoms with Crippen LogP contribution >= 0.6 is 23.2 Å². The van der Waals surface area contributed by atoms with Crippen LogP contribution in [0.3, 0.4) is 0 Å². The highest BCUT2D eigenvalue weighted by Gasteiger charge is 2.23. The van der Waals surface area contributed by atoms with E-state index in [9.17, 15) is 5.11 Å². The van der Waals surface area contributed by atoms with Crippen LogP contribution in [-0.4, -0.2) is 5.11 Å². The molecular weight excluding hydrogens is 279 g/mol. The van der Waals surface area contributed by atoms with Crippen LogP contribution in [0.1, 0.15) is 25.8 Å². The van der Waals surface area contributed by atoms with E-state index in [1.807, 2.05) is 49.4 Å². The quantitative estimate of drug-likeness (QED) is 0.817. The fraction of sp³-hybridized carbons (Fsp3) is 0.250. The van der Waals surface area contributed by atoms with Crippen molar-refractivity contribution in [2.24, 2.45) is 0 Å². The first-order chi connectivity index (χ1) is 8.94. The molecule has 1 atom stereocenters. The predicted octanol–water partition coefficient (Wildman–Crippen LogP) is 5.28. The highest BCUT2D eigenvalue weighted by Crippen LogP contribution is 2.34. The second-order valence-electron chi connectivity index (χ2n) is 4.83. The van der Waals surface area contributed by atoms with Crippen LogP contribution < -0.4 is 0 Å². The molecule has 1 nitrogen and oxygen atoms in total. The number of aliphatic hydroxyl groups is 1. The van der Waals surface area contributed by atoms with Crippen LogP contribution in [0.4, 0.5) is 0 Å². The highest BCUT2D eigenvalue weighted by molar-refractivity contribution is 6.31. The van der Waals surface area contributed by atoms with Crippen molar-refractivity contribution < 1.29 is 5.11 Å². The Morgan fingerprint density at radius 3 is 2.16 bits per heavy atom. The van der Waals surface area contributed by atoms with Gasteiger partial charge in [-0.15, -0.1) is 0 Å². The Morgan fingerprint density at radius 2 is 1.58 bits per heavy atom. The van der Waals surface area contributed by atoms with Crippen LogP contribution in [-0.2, 0) is 5.60 Å². The van der Waals surface area contributed by atoms with Crippen LogP contribution in [0.15, 0.2) is 42.5 Å². The van der Waals surface area contributed by atoms with E-state index in [4.69, 9.17) is 23.2 Å². The Balaban J connectivity index is 2.50. The molecule has 0 aliphatic carbocycles. The molecule has 0 fully saturated rings. The summed E-state index contributed by atoms with van der Waals surface area (Å²) in [4.78, 5) is 0. The Hall–Kier alpha value is -1.02. The van der Waals surface area contributed by atoms with Crippen LogP contribution in [0, 0.1) is 0 Å². The first-order valence-electron chi connectivity index (χ1n) is 6.22. The molecule has 0 heterocycles. The monoisotopic (exact) mass is 294 g/mol. The molecular formula is C16H16Cl2O. The number of rotatable bonds is 3. The summed E-state index contributed by atoms with van der Waals surface area (Å²) in [5, 5.41) is 11.7. The van der Waals surface area contributed by atoms with Gasteiger partial charge in [-0.3, -0.25) is 0 Å². The maximum atomic E-state index is 10.4. The molecule has 1 unspecified atom stereocenters. The molecule has 0 aliphatic rings. The van der Waals surface area contributed by atoms with Gasteiger partial charge < -0.3 is 5.11 Å². The Morgan fingerprint density at radius 1 is 1.00 bits per heavy atom. The van der Waals surface area contributed by atoms with Gasteiger partial charge in [0.2, 0.25) is 0 Å². The zero-order chi connectivity index (χ0) is 14.0. The summed E-state index contributed by atoms with van der Waals surface area (Å²) in [6.07, 6.45) is 0.608. The molecule has 0 saturated carbocycles. The first-order valence-corrected chi connectivity index (χ1v) is 6.98. The maximum absolute atomic E-state index is 10.4. The summed E-state index contributed by atoms with van der Waals surface area (Å²) >= 11 is 12.1. The lowest BCUT2D eigenvalue weighted by atomic mass is 9.90. The van der Waals surface area contributed by atoms with Gasteiger partial charge in [0.1, 0.15) is 0 Å². The number of hydrogen-bond donors (Lipinski definition) is 1. The average Bonchev–Trinajstić information content (AvgIpc) is 2.40. The third-order valence-corrected chi connectivity index (χ3v) is 3.99. The summed E-state index contributed by atoms with van der Waals surface area (Å²) in [5.74, 6) is 0. The molecule has 19 heavy (non-hydrogen) atoms. The van der Waals surface area contributed by atoms with Crippen LogP contribution in [0.5, 0.6) is 0 Å². The largest absolute Gasteiger partial charge is 0.385 e. The molecule has 3 heteroatoms. The minimum Gasteiger partial charge on any atom is -0.385 e. The van der Waals surface area contributed by atoms with Gasteiger partial charge in [-0.25, -0.2) is 0 Å². The Kier molecular flexibility index (Phi) is 4.19. The fourth-order valence-electron chi connectivity index (χ4n) is 1.95. The summed E-state index contributed by atoms with van der Waals surface area (Å²) in [5.41, 5.74) is 1.91. The van der Waals surface area contributed by atoms with Gasteiger partial charge in [-0.2, -0.15) is 0 Å². The van der Waals surface area contributed by atoms with Gasteiger partial charge >= 0.3 is 0 Å². The van der Waals surface area contributed by atoms with Gasteiger partial charge in [-0.1, -0.05) is 48.3 Å². The van der Waals surface area contributed by atoms with E-state index in [-0.39, 0.29) is 0 Å². The first kappa shape index (κ1) is 14.4. The topological polar surface area (TPSA) is 20.2 Å². The van der Waals surface area contributed by atoms with Crippen molar-refractivity contribution in [3.8, 4) is 11.1 Å². The van der Waals surface area contributed by atoms with E-state index in [0.29, 0.717) is 16.5 Å². The number of hydrogen-bond acceptors (Lipinski definition) is 1. The van der Waals surface area contributed by atoms with Gasteiger partial charge in [0, 0.05) is 15.6 Å². The van der Waals surface area contributed by atoms with Crippen molar-refractivity contribution in [2.45, 2.75) is 25.9 Å². The molecule has 1 N–H and O–H groups in total. The summed E-state index contributed by atoms with van der Waals surface area (Å²) in [7, 11) is 0. The molecule has 0 radical (unpaired) electrons. The lowest BCUT2D eigenvalue weighted by Gasteiger charge is -2.24. The molecule has 2 aromatic rings. The Labute approximate surface area is 123 Å². The van der Waals surface area contributed by atoms with Crippen molar-refractivity contribution >= 4 is 23.2 Å². The zero-order valence-corrected chi connectivity index (χ0v) is 12.5. The zero-order valence-electron chi connectivity index (χ0n) is 11.0. The molecule has 0 amide bonds. The van der Waals surface area contributed by atoms with Crippen molar-refractivity contribution in [2.75, 3.05) is 0 Å². The SMILES string of the molecule is CCC(C)(O)c1cc(-c2ccc(Cl)cc2)ccc1Cl. The van der Waals surface area contributed by atoms with Gasteiger partial charge in [0.05, 0.1) is 5.60 Å². The predicted molar refractivity (Wildman–Crippen MR) is 81.8 cm³/mol. The molecule has 2 rings (SSSR count). The summed E-state index contributed by atoms with van der Waals surface area (Å²) in [6.45, 7) is 3.71. The third kappa shape index (κ3) is 3.11. The smallest absolute Gasteiger partial charge is 0.0880 e. The van der Waals surface area contributed by atoms with Crippen molar-refractivity contribution in [1.82, 2.24) is 0 Å². The average molecular weight is 295 g/mol. The standard InChI is InChI=1S/C16H16Cl2O/c1-3-16(2,19)14-10-12(6-9-15(14)18)11-4-7-13(17)8-5-11/h4-10,19H,3H2,1-2H3. The number of halogens is 2. The normalized spacial score (nSPS) is 14.2. The second-order valence-corrected chi connectivity index (χ2v) is 5.67. The van der Waals surface area contributed by atoms with E-state index >= 15 is 0 Å². The molecule has 2 aromatic carbocycles. The molecule has 100 valence electrons. The minimum absolute atomic E-state index is 0.588. The van der Waals surface area contributed by atoms with E-state index in [0.717, 1.165) is 16.7 Å². The third-order valence-electron chi connectivity index (χ3n) is 3.41. The molecule has 0 saturated heterocycles.